The lowest BCUT2D eigenvalue weighted by atomic mass is 10.0. The minimum absolute atomic E-state index is 0.0143. The average Bonchev–Trinajstić information content (AvgIpc) is 3.02. The van der Waals surface area contributed by atoms with E-state index in [1.807, 2.05) is 30.3 Å². The van der Waals surface area contributed by atoms with E-state index >= 15 is 0 Å². The number of hydrogen-bond acceptors (Lipinski definition) is 6. The van der Waals surface area contributed by atoms with Gasteiger partial charge in [-0.1, -0.05) is 72.8 Å². The summed E-state index contributed by atoms with van der Waals surface area (Å²) in [6.07, 6.45) is -4.49. The number of aryl methyl sites for hydroxylation is 1. The number of nitrogens with one attached hydrogen (secondary N) is 4. The summed E-state index contributed by atoms with van der Waals surface area (Å²) >= 11 is 0. The highest BCUT2D eigenvalue weighted by Crippen LogP contribution is 2.29. The Morgan fingerprint density at radius 3 is 1.82 bits per heavy atom. The molecular formula is C32H35F3N4O6. The molecule has 4 amide bonds. The summed E-state index contributed by atoms with van der Waals surface area (Å²) in [7, 11) is 0. The Labute approximate surface area is 258 Å². The van der Waals surface area contributed by atoms with E-state index in [2.05, 4.69) is 16.0 Å². The molecule has 0 fully saturated rings. The lowest BCUT2D eigenvalue weighted by Gasteiger charge is -2.25. The van der Waals surface area contributed by atoms with Crippen LogP contribution >= 0.6 is 0 Å². The molecule has 0 aliphatic rings. The third kappa shape index (κ3) is 11.7. The Kier molecular flexibility index (Phi) is 13.1. The number of ether oxygens (including phenoxy) is 1. The van der Waals surface area contributed by atoms with Crippen molar-refractivity contribution >= 4 is 23.6 Å². The summed E-state index contributed by atoms with van der Waals surface area (Å²) in [6, 6.07) is 18.5. The van der Waals surface area contributed by atoms with Gasteiger partial charge in [0.05, 0.1) is 18.8 Å². The predicted molar refractivity (Wildman–Crippen MR) is 157 cm³/mol. The van der Waals surface area contributed by atoms with Gasteiger partial charge in [0, 0.05) is 13.3 Å². The van der Waals surface area contributed by atoms with Gasteiger partial charge >= 0.3 is 6.18 Å². The van der Waals surface area contributed by atoms with Crippen molar-refractivity contribution in [3.63, 3.8) is 0 Å². The largest absolute Gasteiger partial charge is 0.416 e. The number of benzene rings is 3. The fourth-order valence-electron chi connectivity index (χ4n) is 4.42. The predicted octanol–water partition coefficient (Wildman–Crippen LogP) is 3.08. The van der Waals surface area contributed by atoms with Crippen LogP contribution in [-0.4, -0.2) is 53.6 Å². The van der Waals surface area contributed by atoms with E-state index in [1.54, 1.807) is 30.3 Å². The quantitative estimate of drug-likeness (QED) is 0.129. The van der Waals surface area contributed by atoms with Gasteiger partial charge in [0.25, 0.3) is 5.91 Å². The highest BCUT2D eigenvalue weighted by Gasteiger charge is 2.31. The van der Waals surface area contributed by atoms with E-state index in [0.717, 1.165) is 17.7 Å². The molecule has 0 spiro atoms. The van der Waals surface area contributed by atoms with E-state index < -0.39 is 53.5 Å². The van der Waals surface area contributed by atoms with Crippen LogP contribution in [0.4, 0.5) is 13.2 Å². The van der Waals surface area contributed by atoms with Crippen molar-refractivity contribution in [2.24, 2.45) is 0 Å². The first-order valence-electron chi connectivity index (χ1n) is 14.1. The zero-order valence-corrected chi connectivity index (χ0v) is 24.5. The van der Waals surface area contributed by atoms with Crippen molar-refractivity contribution in [1.29, 1.82) is 0 Å². The molecule has 0 saturated heterocycles. The smallest absolute Gasteiger partial charge is 0.374 e. The zero-order valence-electron chi connectivity index (χ0n) is 24.5. The van der Waals surface area contributed by atoms with Gasteiger partial charge in [0.15, 0.2) is 0 Å². The Hall–Kier alpha value is -4.75. The van der Waals surface area contributed by atoms with E-state index in [-0.39, 0.29) is 32.5 Å². The molecule has 0 radical (unpaired) electrons. The number of carbonyl (C=O) groups is 4. The number of alkyl halides is 3. The van der Waals surface area contributed by atoms with E-state index in [1.165, 1.54) is 24.5 Å². The molecule has 240 valence electrons. The van der Waals surface area contributed by atoms with Gasteiger partial charge in [-0.25, -0.2) is 5.48 Å². The Morgan fingerprint density at radius 1 is 0.711 bits per heavy atom. The second-order valence-corrected chi connectivity index (χ2v) is 10.3. The van der Waals surface area contributed by atoms with Crippen LogP contribution in [-0.2, 0) is 49.5 Å². The van der Waals surface area contributed by atoms with Crippen LogP contribution in [0.3, 0.4) is 0 Å². The van der Waals surface area contributed by atoms with Crippen LogP contribution in [0.25, 0.3) is 0 Å². The normalized spacial score (nSPS) is 13.2. The number of hydrogen-bond donors (Lipinski definition) is 5. The molecule has 0 aliphatic heterocycles. The number of amides is 4. The molecule has 10 nitrogen and oxygen atoms in total. The van der Waals surface area contributed by atoms with E-state index in [9.17, 15) is 37.6 Å². The molecule has 13 heteroatoms. The number of rotatable bonds is 15. The molecule has 0 aromatic heterocycles. The average molecular weight is 629 g/mol. The van der Waals surface area contributed by atoms with Crippen molar-refractivity contribution in [3.8, 4) is 0 Å². The molecule has 0 aliphatic carbocycles. The first kappa shape index (κ1) is 34.7. The lowest BCUT2D eigenvalue weighted by molar-refractivity contribution is -0.137. The summed E-state index contributed by atoms with van der Waals surface area (Å²) in [5.74, 6) is -2.96. The fourth-order valence-corrected chi connectivity index (χ4v) is 4.42. The van der Waals surface area contributed by atoms with Crippen LogP contribution in [0.2, 0.25) is 0 Å². The molecule has 3 rings (SSSR count). The third-order valence-electron chi connectivity index (χ3n) is 6.75. The van der Waals surface area contributed by atoms with Gasteiger partial charge in [0.2, 0.25) is 17.7 Å². The summed E-state index contributed by atoms with van der Waals surface area (Å²) in [5, 5.41) is 16.9. The van der Waals surface area contributed by atoms with Crippen LogP contribution < -0.4 is 21.4 Å². The molecule has 3 aromatic carbocycles. The Bertz CT molecular complexity index is 1410. The molecule has 0 heterocycles. The highest BCUT2D eigenvalue weighted by molar-refractivity contribution is 5.94. The fraction of sp³-hybridized carbons (Fsp3) is 0.312. The topological polar surface area (TPSA) is 146 Å². The summed E-state index contributed by atoms with van der Waals surface area (Å²) in [4.78, 5) is 51.1. The maximum absolute atomic E-state index is 13.5. The van der Waals surface area contributed by atoms with Crippen LogP contribution in [0.15, 0.2) is 84.9 Å². The molecule has 45 heavy (non-hydrogen) atoms. The lowest BCUT2D eigenvalue weighted by Crippen LogP contribution is -2.57. The van der Waals surface area contributed by atoms with Crippen LogP contribution in [0, 0.1) is 0 Å². The highest BCUT2D eigenvalue weighted by atomic mass is 19.4. The zero-order chi connectivity index (χ0) is 32.8. The van der Waals surface area contributed by atoms with Crippen molar-refractivity contribution in [2.75, 3.05) is 6.61 Å². The summed E-state index contributed by atoms with van der Waals surface area (Å²) in [5.41, 5.74) is 2.67. The third-order valence-corrected chi connectivity index (χ3v) is 6.75. The van der Waals surface area contributed by atoms with E-state index in [0.29, 0.717) is 11.1 Å². The Morgan fingerprint density at radius 2 is 1.27 bits per heavy atom. The SMILES string of the molecule is CC(=O)N[C@@H](COCc1ccccc1)C(=O)N[C@H](CCc1ccc(C(F)(F)F)cc1)C(=O)N[C@H](Cc1ccccc1)C(=O)NO. The van der Waals surface area contributed by atoms with E-state index in [4.69, 9.17) is 4.74 Å². The number of hydroxylamine groups is 1. The molecule has 3 atom stereocenters. The van der Waals surface area contributed by atoms with Gasteiger partial charge in [-0.3, -0.25) is 24.4 Å². The van der Waals surface area contributed by atoms with Gasteiger partial charge in [-0.2, -0.15) is 13.2 Å². The monoisotopic (exact) mass is 628 g/mol. The maximum atomic E-state index is 13.5. The molecular weight excluding hydrogens is 593 g/mol. The second kappa shape index (κ2) is 16.9. The number of halogens is 3. The molecule has 3 aromatic rings. The van der Waals surface area contributed by atoms with Gasteiger partial charge in [-0.05, 0) is 41.7 Å². The van der Waals surface area contributed by atoms with Crippen LogP contribution in [0.1, 0.15) is 35.6 Å². The van der Waals surface area contributed by atoms with Crippen molar-refractivity contribution in [1.82, 2.24) is 21.4 Å². The van der Waals surface area contributed by atoms with Crippen molar-refractivity contribution in [2.45, 2.75) is 57.1 Å². The number of carbonyl (C=O) groups excluding carboxylic acids is 4. The summed E-state index contributed by atoms with van der Waals surface area (Å²) in [6.45, 7) is 1.14. The molecule has 5 N–H and O–H groups in total. The molecule has 0 bridgehead atoms. The van der Waals surface area contributed by atoms with Gasteiger partial charge in [-0.15, -0.1) is 0 Å². The van der Waals surface area contributed by atoms with Crippen molar-refractivity contribution in [3.05, 3.63) is 107 Å². The Balaban J connectivity index is 1.78. The first-order valence-corrected chi connectivity index (χ1v) is 14.1. The standard InChI is InChI=1S/C32H35F3N4O6/c1-21(40)36-28(20-45-19-24-10-6-3-7-11-24)30(42)37-26(17-14-22-12-15-25(16-13-22)32(33,34)35)29(41)38-27(31(43)39-44)18-23-8-4-2-5-9-23/h2-13,15-16,26-28,44H,14,17-20H2,1H3,(H,36,40)(H,37,42)(H,38,41)(H,39,43)/t26-,27-,28+/m1/s1. The first-order chi connectivity index (χ1) is 21.5. The van der Waals surface area contributed by atoms with Gasteiger partial charge < -0.3 is 20.7 Å². The van der Waals surface area contributed by atoms with Gasteiger partial charge in [0.1, 0.15) is 18.1 Å². The second-order valence-electron chi connectivity index (χ2n) is 10.3. The van der Waals surface area contributed by atoms with Crippen LogP contribution in [0.5, 0.6) is 0 Å². The van der Waals surface area contributed by atoms with Crippen molar-refractivity contribution < 1.29 is 42.3 Å². The molecule has 0 saturated carbocycles. The minimum Gasteiger partial charge on any atom is -0.374 e. The minimum atomic E-state index is -4.52. The molecule has 0 unspecified atom stereocenters. The maximum Gasteiger partial charge on any atom is 0.416 e. The summed E-state index contributed by atoms with van der Waals surface area (Å²) < 4.78 is 44.7.